The van der Waals surface area contributed by atoms with Gasteiger partial charge in [0, 0.05) is 31.7 Å². The predicted octanol–water partition coefficient (Wildman–Crippen LogP) is 3.25. The zero-order chi connectivity index (χ0) is 19.2. The van der Waals surface area contributed by atoms with E-state index in [1.54, 1.807) is 24.1 Å². The summed E-state index contributed by atoms with van der Waals surface area (Å²) in [7, 11) is 1.56. The van der Waals surface area contributed by atoms with E-state index in [9.17, 15) is 9.59 Å². The molecule has 1 aliphatic heterocycles. The topological polar surface area (TPSA) is 49.9 Å². The van der Waals surface area contributed by atoms with Gasteiger partial charge in [-0.15, -0.1) is 0 Å². The molecule has 1 heterocycles. The van der Waals surface area contributed by atoms with Crippen molar-refractivity contribution in [2.75, 3.05) is 33.3 Å². The first-order chi connectivity index (χ1) is 13.1. The highest BCUT2D eigenvalue weighted by atomic mass is 16.5. The quantitative estimate of drug-likeness (QED) is 0.816. The van der Waals surface area contributed by atoms with Crippen molar-refractivity contribution in [3.63, 3.8) is 0 Å². The van der Waals surface area contributed by atoms with Crippen molar-refractivity contribution in [2.24, 2.45) is 0 Å². The zero-order valence-electron chi connectivity index (χ0n) is 16.0. The van der Waals surface area contributed by atoms with Crippen LogP contribution in [0.25, 0.3) is 0 Å². The average Bonchev–Trinajstić information content (AvgIpc) is 2.73. The van der Waals surface area contributed by atoms with E-state index < -0.39 is 0 Å². The third-order valence-corrected chi connectivity index (χ3v) is 4.93. The van der Waals surface area contributed by atoms with Gasteiger partial charge in [-0.25, -0.2) is 0 Å². The Kier molecular flexibility index (Phi) is 6.12. The van der Waals surface area contributed by atoms with Crippen molar-refractivity contribution < 1.29 is 14.3 Å². The van der Waals surface area contributed by atoms with Gasteiger partial charge in [-0.3, -0.25) is 9.59 Å². The van der Waals surface area contributed by atoms with Crippen molar-refractivity contribution in [3.8, 4) is 5.75 Å². The number of rotatable bonds is 5. The lowest BCUT2D eigenvalue weighted by Crippen LogP contribution is -2.50. The second kappa shape index (κ2) is 8.71. The van der Waals surface area contributed by atoms with E-state index in [4.69, 9.17) is 4.74 Å². The van der Waals surface area contributed by atoms with Crippen molar-refractivity contribution >= 4 is 11.8 Å². The van der Waals surface area contributed by atoms with Crippen LogP contribution >= 0.6 is 0 Å². The molecular weight excluding hydrogens is 340 g/mol. The molecule has 1 fully saturated rings. The Bertz CT molecular complexity index is 793. The Balaban J connectivity index is 1.61. The monoisotopic (exact) mass is 366 g/mol. The molecule has 1 aliphatic rings. The van der Waals surface area contributed by atoms with Gasteiger partial charge in [0.25, 0.3) is 11.8 Å². The number of amides is 2. The van der Waals surface area contributed by atoms with Gasteiger partial charge < -0.3 is 14.5 Å². The van der Waals surface area contributed by atoms with Gasteiger partial charge in [-0.1, -0.05) is 37.6 Å². The van der Waals surface area contributed by atoms with Crippen molar-refractivity contribution in [1.29, 1.82) is 0 Å². The number of ether oxygens (including phenoxy) is 1. The van der Waals surface area contributed by atoms with E-state index in [0.717, 1.165) is 12.8 Å². The van der Waals surface area contributed by atoms with E-state index in [1.165, 1.54) is 5.56 Å². The van der Waals surface area contributed by atoms with Gasteiger partial charge in [0.2, 0.25) is 0 Å². The van der Waals surface area contributed by atoms with Crippen LogP contribution in [0.2, 0.25) is 0 Å². The van der Waals surface area contributed by atoms with Gasteiger partial charge in [-0.05, 0) is 36.2 Å². The standard InChI is InChI=1S/C22H26N2O3/c1-3-6-17-9-11-18(12-10-17)21(25)23-13-15-24(16-14-23)22(26)19-7-4-5-8-20(19)27-2/h4-5,7-12H,3,6,13-16H2,1-2H3. The molecule has 2 aromatic rings. The normalized spacial score (nSPS) is 14.1. The third-order valence-electron chi connectivity index (χ3n) is 4.93. The molecule has 0 saturated carbocycles. The van der Waals surface area contributed by atoms with Crippen LogP contribution in [0.5, 0.6) is 5.75 Å². The van der Waals surface area contributed by atoms with Crippen LogP contribution in [-0.4, -0.2) is 54.9 Å². The fraction of sp³-hybridized carbons (Fsp3) is 0.364. The summed E-state index contributed by atoms with van der Waals surface area (Å²) < 4.78 is 5.29. The van der Waals surface area contributed by atoms with Crippen LogP contribution in [0.3, 0.4) is 0 Å². The van der Waals surface area contributed by atoms with Crippen LogP contribution < -0.4 is 4.74 Å². The molecule has 1 saturated heterocycles. The van der Waals surface area contributed by atoms with E-state index in [-0.39, 0.29) is 11.8 Å². The fourth-order valence-electron chi connectivity index (χ4n) is 3.39. The van der Waals surface area contributed by atoms with Gasteiger partial charge in [-0.2, -0.15) is 0 Å². The Morgan fingerprint density at radius 1 is 0.889 bits per heavy atom. The molecule has 3 rings (SSSR count). The molecule has 2 aromatic carbocycles. The maximum absolute atomic E-state index is 12.8. The highest BCUT2D eigenvalue weighted by Crippen LogP contribution is 2.20. The number of aryl methyl sites for hydroxylation is 1. The first-order valence-electron chi connectivity index (χ1n) is 9.44. The largest absolute Gasteiger partial charge is 0.496 e. The maximum atomic E-state index is 12.8. The summed E-state index contributed by atoms with van der Waals surface area (Å²) in [6, 6.07) is 15.1. The molecule has 0 unspecified atom stereocenters. The second-order valence-corrected chi connectivity index (χ2v) is 6.73. The summed E-state index contributed by atoms with van der Waals surface area (Å²) in [5, 5.41) is 0. The highest BCUT2D eigenvalue weighted by Gasteiger charge is 2.26. The van der Waals surface area contributed by atoms with Crippen LogP contribution in [0.4, 0.5) is 0 Å². The Morgan fingerprint density at radius 2 is 1.48 bits per heavy atom. The van der Waals surface area contributed by atoms with Gasteiger partial charge in [0.15, 0.2) is 0 Å². The summed E-state index contributed by atoms with van der Waals surface area (Å²) in [6.07, 6.45) is 2.12. The van der Waals surface area contributed by atoms with Crippen LogP contribution in [0, 0.1) is 0 Å². The van der Waals surface area contributed by atoms with Crippen molar-refractivity contribution in [1.82, 2.24) is 9.80 Å². The lowest BCUT2D eigenvalue weighted by Gasteiger charge is -2.35. The van der Waals surface area contributed by atoms with Crippen LogP contribution in [-0.2, 0) is 6.42 Å². The van der Waals surface area contributed by atoms with E-state index in [0.29, 0.717) is 43.1 Å². The molecule has 5 heteroatoms. The molecule has 5 nitrogen and oxygen atoms in total. The average molecular weight is 366 g/mol. The van der Waals surface area contributed by atoms with Crippen LogP contribution in [0.15, 0.2) is 48.5 Å². The molecule has 2 amide bonds. The lowest BCUT2D eigenvalue weighted by molar-refractivity contribution is 0.0533. The molecule has 0 N–H and O–H groups in total. The molecule has 0 spiro atoms. The van der Waals surface area contributed by atoms with Gasteiger partial charge in [0.05, 0.1) is 12.7 Å². The number of benzene rings is 2. The summed E-state index contributed by atoms with van der Waals surface area (Å²) in [5.74, 6) is 0.555. The molecule has 142 valence electrons. The molecular formula is C22H26N2O3. The molecule has 0 aliphatic carbocycles. The number of para-hydroxylation sites is 1. The zero-order valence-corrected chi connectivity index (χ0v) is 16.0. The second-order valence-electron chi connectivity index (χ2n) is 6.73. The number of nitrogens with zero attached hydrogens (tertiary/aromatic N) is 2. The number of hydrogen-bond donors (Lipinski definition) is 0. The molecule has 0 aromatic heterocycles. The number of carbonyl (C=O) groups is 2. The van der Waals surface area contributed by atoms with Crippen LogP contribution in [0.1, 0.15) is 39.6 Å². The SMILES string of the molecule is CCCc1ccc(C(=O)N2CCN(C(=O)c3ccccc3OC)CC2)cc1. The summed E-state index contributed by atoms with van der Waals surface area (Å²) in [5.41, 5.74) is 2.52. The van der Waals surface area contributed by atoms with Crippen molar-refractivity contribution in [3.05, 3.63) is 65.2 Å². The number of piperazine rings is 1. The molecule has 0 bridgehead atoms. The highest BCUT2D eigenvalue weighted by molar-refractivity contribution is 5.97. The first kappa shape index (κ1) is 19.0. The summed E-state index contributed by atoms with van der Waals surface area (Å²) in [6.45, 7) is 4.27. The Morgan fingerprint density at radius 3 is 2.07 bits per heavy atom. The fourth-order valence-corrected chi connectivity index (χ4v) is 3.39. The number of carbonyl (C=O) groups excluding carboxylic acids is 2. The number of hydrogen-bond acceptors (Lipinski definition) is 3. The van der Waals surface area contributed by atoms with E-state index in [2.05, 4.69) is 6.92 Å². The molecule has 27 heavy (non-hydrogen) atoms. The maximum Gasteiger partial charge on any atom is 0.257 e. The minimum atomic E-state index is -0.0523. The van der Waals surface area contributed by atoms with Crippen molar-refractivity contribution in [2.45, 2.75) is 19.8 Å². The summed E-state index contributed by atoms with van der Waals surface area (Å²) >= 11 is 0. The van der Waals surface area contributed by atoms with Gasteiger partial charge in [0.1, 0.15) is 5.75 Å². The number of methoxy groups -OCH3 is 1. The minimum Gasteiger partial charge on any atom is -0.496 e. The van der Waals surface area contributed by atoms with E-state index >= 15 is 0 Å². The molecule has 0 atom stereocenters. The Labute approximate surface area is 160 Å². The first-order valence-corrected chi connectivity index (χ1v) is 9.44. The predicted molar refractivity (Wildman–Crippen MR) is 105 cm³/mol. The lowest BCUT2D eigenvalue weighted by atomic mass is 10.1. The van der Waals surface area contributed by atoms with E-state index in [1.807, 2.05) is 41.3 Å². The molecule has 0 radical (unpaired) electrons. The summed E-state index contributed by atoms with van der Waals surface area (Å²) in [4.78, 5) is 29.1. The Hall–Kier alpha value is -2.82. The van der Waals surface area contributed by atoms with Gasteiger partial charge >= 0.3 is 0 Å². The smallest absolute Gasteiger partial charge is 0.257 e. The third kappa shape index (κ3) is 4.30. The minimum absolute atomic E-state index is 0.0300.